The fourth-order valence-corrected chi connectivity index (χ4v) is 2.33. The minimum Gasteiger partial charge on any atom is -0.141 e. The van der Waals surface area contributed by atoms with Gasteiger partial charge in [-0.25, -0.2) is 0 Å². The normalized spacial score (nSPS) is 9.87. The fraction of sp³-hybridized carbons (Fsp3) is 0.429. The number of rotatable bonds is 4. The zero-order valence-corrected chi connectivity index (χ0v) is 11.2. The molecule has 0 atom stereocenters. The molecule has 1 heteroatoms. The Balaban J connectivity index is 0.000000921. The van der Waals surface area contributed by atoms with Crippen molar-refractivity contribution in [2.75, 3.05) is 0 Å². The first-order chi connectivity index (χ1) is 7.27. The molecule has 0 N–H and O–H groups in total. The lowest BCUT2D eigenvalue weighted by atomic mass is 10.1. The lowest BCUT2D eigenvalue weighted by Crippen LogP contribution is -1.80. The van der Waals surface area contributed by atoms with Gasteiger partial charge in [0, 0.05) is 9.75 Å². The van der Waals surface area contributed by atoms with Gasteiger partial charge < -0.3 is 0 Å². The molecule has 84 valence electrons. The van der Waals surface area contributed by atoms with Gasteiger partial charge in [-0.15, -0.1) is 11.3 Å². The molecule has 1 aromatic heterocycles. The molecule has 1 heterocycles. The van der Waals surface area contributed by atoms with Gasteiger partial charge in [0.05, 0.1) is 0 Å². The molecule has 0 saturated heterocycles. The summed E-state index contributed by atoms with van der Waals surface area (Å²) >= 11 is 1.86. The summed E-state index contributed by atoms with van der Waals surface area (Å²) in [6.07, 6.45) is 8.37. The Morgan fingerprint density at radius 2 is 2.07 bits per heavy atom. The fourth-order valence-electron chi connectivity index (χ4n) is 1.35. The van der Waals surface area contributed by atoms with Gasteiger partial charge in [0.1, 0.15) is 0 Å². The highest BCUT2D eigenvalue weighted by Gasteiger charge is 2.02. The molecule has 0 fully saturated rings. The Bertz CT molecular complexity index is 305. The Morgan fingerprint density at radius 3 is 2.60 bits per heavy atom. The SMILES string of the molecule is C=C/C=C\c1sc(C)cc1CCC.CC. The van der Waals surface area contributed by atoms with Gasteiger partial charge in [-0.3, -0.25) is 0 Å². The minimum atomic E-state index is 1.18. The summed E-state index contributed by atoms with van der Waals surface area (Å²) in [6.45, 7) is 12.1. The maximum absolute atomic E-state index is 3.68. The third kappa shape index (κ3) is 4.98. The average molecular weight is 222 g/mol. The van der Waals surface area contributed by atoms with Crippen LogP contribution in [0.1, 0.15) is 42.5 Å². The van der Waals surface area contributed by atoms with E-state index in [4.69, 9.17) is 0 Å². The second kappa shape index (κ2) is 8.49. The number of hydrogen-bond donors (Lipinski definition) is 0. The summed E-state index contributed by atoms with van der Waals surface area (Å²) in [7, 11) is 0. The second-order valence-electron chi connectivity index (χ2n) is 3.09. The smallest absolute Gasteiger partial charge is 0.0305 e. The molecular formula is C14H22S. The summed E-state index contributed by atoms with van der Waals surface area (Å²) in [6, 6.07) is 2.29. The molecular weight excluding hydrogens is 200 g/mol. The average Bonchev–Trinajstić information content (AvgIpc) is 2.60. The van der Waals surface area contributed by atoms with Gasteiger partial charge in [0.2, 0.25) is 0 Å². The van der Waals surface area contributed by atoms with Crippen LogP contribution in [0, 0.1) is 6.92 Å². The molecule has 0 unspecified atom stereocenters. The van der Waals surface area contributed by atoms with Crippen molar-refractivity contribution >= 4 is 17.4 Å². The summed E-state index contributed by atoms with van der Waals surface area (Å²) in [4.78, 5) is 2.78. The van der Waals surface area contributed by atoms with Gasteiger partial charge in [-0.2, -0.15) is 0 Å². The van der Waals surface area contributed by atoms with Crippen LogP contribution in [0.25, 0.3) is 6.08 Å². The molecule has 15 heavy (non-hydrogen) atoms. The van der Waals surface area contributed by atoms with Crippen LogP contribution in [-0.2, 0) is 6.42 Å². The Hall–Kier alpha value is -0.820. The van der Waals surface area contributed by atoms with Crippen molar-refractivity contribution in [3.8, 4) is 0 Å². The lowest BCUT2D eigenvalue weighted by molar-refractivity contribution is 0.924. The van der Waals surface area contributed by atoms with Crippen LogP contribution in [0.3, 0.4) is 0 Å². The summed E-state index contributed by atoms with van der Waals surface area (Å²) in [5.74, 6) is 0. The predicted molar refractivity (Wildman–Crippen MR) is 73.6 cm³/mol. The molecule has 0 nitrogen and oxygen atoms in total. The molecule has 0 saturated carbocycles. The lowest BCUT2D eigenvalue weighted by Gasteiger charge is -1.94. The van der Waals surface area contributed by atoms with Gasteiger partial charge in [-0.1, -0.05) is 45.9 Å². The van der Waals surface area contributed by atoms with Crippen molar-refractivity contribution in [3.63, 3.8) is 0 Å². The Kier molecular flexibility index (Phi) is 8.02. The van der Waals surface area contributed by atoms with Crippen molar-refractivity contribution in [2.24, 2.45) is 0 Å². The largest absolute Gasteiger partial charge is 0.141 e. The molecule has 0 radical (unpaired) electrons. The first kappa shape index (κ1) is 14.2. The first-order valence-electron chi connectivity index (χ1n) is 5.66. The molecule has 0 aliphatic rings. The van der Waals surface area contributed by atoms with Gasteiger partial charge in [-0.05, 0) is 31.1 Å². The van der Waals surface area contributed by atoms with Crippen molar-refractivity contribution in [1.82, 2.24) is 0 Å². The van der Waals surface area contributed by atoms with E-state index in [1.807, 2.05) is 37.3 Å². The highest BCUT2D eigenvalue weighted by molar-refractivity contribution is 7.13. The van der Waals surface area contributed by atoms with Crippen molar-refractivity contribution in [1.29, 1.82) is 0 Å². The van der Waals surface area contributed by atoms with Crippen LogP contribution in [-0.4, -0.2) is 0 Å². The standard InChI is InChI=1S/C12H16S.C2H6/c1-4-6-8-12-11(7-5-2)9-10(3)13-12;1-2/h4,6,8-9H,1,5,7H2,2-3H3;1-2H3/b8-6-;. The summed E-state index contributed by atoms with van der Waals surface area (Å²) < 4.78 is 0. The van der Waals surface area contributed by atoms with Crippen molar-refractivity contribution in [3.05, 3.63) is 40.1 Å². The first-order valence-corrected chi connectivity index (χ1v) is 6.48. The van der Waals surface area contributed by atoms with E-state index < -0.39 is 0 Å². The van der Waals surface area contributed by atoms with E-state index in [9.17, 15) is 0 Å². The van der Waals surface area contributed by atoms with Gasteiger partial charge in [0.15, 0.2) is 0 Å². The van der Waals surface area contributed by atoms with Crippen molar-refractivity contribution in [2.45, 2.75) is 40.5 Å². The molecule has 1 rings (SSSR count). The van der Waals surface area contributed by atoms with Crippen LogP contribution in [0.5, 0.6) is 0 Å². The van der Waals surface area contributed by atoms with Crippen molar-refractivity contribution < 1.29 is 0 Å². The van der Waals surface area contributed by atoms with Crippen LogP contribution < -0.4 is 0 Å². The molecule has 0 aliphatic carbocycles. The zero-order chi connectivity index (χ0) is 11.7. The van der Waals surface area contributed by atoms with E-state index in [1.54, 1.807) is 0 Å². The monoisotopic (exact) mass is 222 g/mol. The third-order valence-corrected chi connectivity index (χ3v) is 2.93. The molecule has 0 aromatic carbocycles. The molecule has 0 amide bonds. The molecule has 0 bridgehead atoms. The van der Waals surface area contributed by atoms with E-state index in [0.29, 0.717) is 0 Å². The van der Waals surface area contributed by atoms with E-state index in [2.05, 4.69) is 32.6 Å². The number of aryl methyl sites for hydroxylation is 2. The summed E-state index contributed by atoms with van der Waals surface area (Å²) in [5, 5.41) is 0. The Morgan fingerprint density at radius 1 is 1.40 bits per heavy atom. The number of hydrogen-bond acceptors (Lipinski definition) is 1. The Labute approximate surface area is 98.3 Å². The van der Waals surface area contributed by atoms with Crippen LogP contribution in [0.4, 0.5) is 0 Å². The predicted octanol–water partition coefficient (Wildman–Crippen LogP) is 5.23. The molecule has 1 aromatic rings. The topological polar surface area (TPSA) is 0 Å². The van der Waals surface area contributed by atoms with Crippen LogP contribution in [0.2, 0.25) is 0 Å². The van der Waals surface area contributed by atoms with Crippen LogP contribution in [0.15, 0.2) is 24.8 Å². The maximum Gasteiger partial charge on any atom is 0.0305 e. The quantitative estimate of drug-likeness (QED) is 0.612. The van der Waals surface area contributed by atoms with Gasteiger partial charge in [0.25, 0.3) is 0 Å². The summed E-state index contributed by atoms with van der Waals surface area (Å²) in [5.41, 5.74) is 1.48. The second-order valence-corrected chi connectivity index (χ2v) is 4.38. The molecule has 0 spiro atoms. The van der Waals surface area contributed by atoms with Gasteiger partial charge >= 0.3 is 0 Å². The number of allylic oxidation sites excluding steroid dienone is 2. The highest BCUT2D eigenvalue weighted by atomic mass is 32.1. The van der Waals surface area contributed by atoms with Crippen LogP contribution >= 0.6 is 11.3 Å². The highest BCUT2D eigenvalue weighted by Crippen LogP contribution is 2.24. The third-order valence-electron chi connectivity index (χ3n) is 1.87. The molecule has 0 aliphatic heterocycles. The maximum atomic E-state index is 3.68. The van der Waals surface area contributed by atoms with E-state index in [0.717, 1.165) is 0 Å². The van der Waals surface area contributed by atoms with E-state index in [-0.39, 0.29) is 0 Å². The van der Waals surface area contributed by atoms with E-state index in [1.165, 1.54) is 28.2 Å². The minimum absolute atomic E-state index is 1.18. The zero-order valence-electron chi connectivity index (χ0n) is 10.3. The number of thiophene rings is 1. The van der Waals surface area contributed by atoms with E-state index >= 15 is 0 Å².